The number of anilines is 2. The molecule has 1 aliphatic heterocycles. The van der Waals surface area contributed by atoms with E-state index in [4.69, 9.17) is 0 Å². The van der Waals surface area contributed by atoms with Crippen LogP contribution in [0.4, 0.5) is 11.4 Å². The molecule has 1 aliphatic rings. The molecule has 2 heterocycles. The average molecular weight is 338 g/mol. The Labute approximate surface area is 149 Å². The third-order valence-electron chi connectivity index (χ3n) is 4.66. The lowest BCUT2D eigenvalue weighted by atomic mass is 10.1. The average Bonchev–Trinajstić information content (AvgIpc) is 2.58. The summed E-state index contributed by atoms with van der Waals surface area (Å²) in [5, 5.41) is 2.99. The first-order valence-corrected chi connectivity index (χ1v) is 8.77. The van der Waals surface area contributed by atoms with E-state index in [2.05, 4.69) is 46.2 Å². The molecule has 1 saturated heterocycles. The van der Waals surface area contributed by atoms with Crippen molar-refractivity contribution in [1.82, 2.24) is 9.88 Å². The van der Waals surface area contributed by atoms with Crippen molar-refractivity contribution in [3.8, 4) is 0 Å². The topological polar surface area (TPSA) is 48.5 Å². The fraction of sp³-hybridized carbons (Fsp3) is 0.400. The predicted molar refractivity (Wildman–Crippen MR) is 102 cm³/mol. The number of benzene rings is 1. The number of carbonyl (C=O) groups excluding carboxylic acids is 1. The maximum absolute atomic E-state index is 12.2. The Balaban J connectivity index is 1.62. The van der Waals surface area contributed by atoms with Gasteiger partial charge in [0.25, 0.3) is 0 Å². The number of amides is 1. The highest BCUT2D eigenvalue weighted by atomic mass is 16.1. The number of hydrogen-bond donors (Lipinski definition) is 1. The van der Waals surface area contributed by atoms with Crippen molar-refractivity contribution in [2.75, 3.05) is 43.4 Å². The molecule has 5 heteroatoms. The van der Waals surface area contributed by atoms with Gasteiger partial charge in [0, 0.05) is 49.4 Å². The molecule has 0 atom stereocenters. The lowest BCUT2D eigenvalue weighted by molar-refractivity contribution is -0.115. The normalized spacial score (nSPS) is 15.2. The number of hydrogen-bond acceptors (Lipinski definition) is 4. The van der Waals surface area contributed by atoms with E-state index in [9.17, 15) is 4.79 Å². The van der Waals surface area contributed by atoms with E-state index >= 15 is 0 Å². The van der Waals surface area contributed by atoms with Crippen molar-refractivity contribution in [3.63, 3.8) is 0 Å². The number of aryl methyl sites for hydroxylation is 2. The summed E-state index contributed by atoms with van der Waals surface area (Å²) in [5.74, 6) is -0.0163. The van der Waals surface area contributed by atoms with E-state index in [1.165, 1.54) is 11.3 Å². The minimum atomic E-state index is -0.0163. The number of likely N-dealkylation sites (N-methyl/N-ethyl adjacent to an activating group) is 1. The summed E-state index contributed by atoms with van der Waals surface area (Å²) in [4.78, 5) is 21.2. The summed E-state index contributed by atoms with van der Waals surface area (Å²) >= 11 is 0. The van der Waals surface area contributed by atoms with Crippen LogP contribution in [-0.4, -0.2) is 49.0 Å². The quantitative estimate of drug-likeness (QED) is 0.931. The summed E-state index contributed by atoms with van der Waals surface area (Å²) < 4.78 is 0. The Hall–Kier alpha value is -2.40. The van der Waals surface area contributed by atoms with Gasteiger partial charge in [-0.25, -0.2) is 0 Å². The molecule has 2 aromatic rings. The standard InChI is InChI=1S/C20H26N4O/c1-15-12-18(6-7-19(15)24-10-8-23(3)9-11-24)22-20(25)13-17-5-4-16(2)21-14-17/h4-7,12,14H,8-11,13H2,1-3H3,(H,22,25). The van der Waals surface area contributed by atoms with Gasteiger partial charge in [-0.3, -0.25) is 9.78 Å². The summed E-state index contributed by atoms with van der Waals surface area (Å²) in [6, 6.07) is 10.0. The first-order valence-electron chi connectivity index (χ1n) is 8.77. The van der Waals surface area contributed by atoms with E-state index in [0.717, 1.165) is 43.1 Å². The van der Waals surface area contributed by atoms with Crippen LogP contribution in [0.15, 0.2) is 36.5 Å². The summed E-state index contributed by atoms with van der Waals surface area (Å²) in [7, 11) is 2.16. The monoisotopic (exact) mass is 338 g/mol. The zero-order chi connectivity index (χ0) is 17.8. The van der Waals surface area contributed by atoms with E-state index < -0.39 is 0 Å². The molecule has 1 aromatic carbocycles. The van der Waals surface area contributed by atoms with Gasteiger partial charge in [0.2, 0.25) is 5.91 Å². The Morgan fingerprint density at radius 1 is 1.12 bits per heavy atom. The van der Waals surface area contributed by atoms with Crippen LogP contribution in [0.3, 0.4) is 0 Å². The van der Waals surface area contributed by atoms with Gasteiger partial charge >= 0.3 is 0 Å². The van der Waals surface area contributed by atoms with Gasteiger partial charge in [0.05, 0.1) is 6.42 Å². The molecule has 3 rings (SSSR count). The molecule has 25 heavy (non-hydrogen) atoms. The number of nitrogens with zero attached hydrogens (tertiary/aromatic N) is 3. The lowest BCUT2D eigenvalue weighted by Gasteiger charge is -2.35. The molecule has 0 bridgehead atoms. The number of aromatic nitrogens is 1. The van der Waals surface area contributed by atoms with Crippen LogP contribution >= 0.6 is 0 Å². The number of piperazine rings is 1. The van der Waals surface area contributed by atoms with E-state index in [1.54, 1.807) is 6.20 Å². The highest BCUT2D eigenvalue weighted by Crippen LogP contribution is 2.24. The first-order chi connectivity index (χ1) is 12.0. The molecule has 0 unspecified atom stereocenters. The molecule has 1 amide bonds. The maximum Gasteiger partial charge on any atom is 0.228 e. The van der Waals surface area contributed by atoms with Crippen LogP contribution in [0.5, 0.6) is 0 Å². The van der Waals surface area contributed by atoms with Crippen molar-refractivity contribution in [2.24, 2.45) is 0 Å². The van der Waals surface area contributed by atoms with Crippen molar-refractivity contribution in [1.29, 1.82) is 0 Å². The van der Waals surface area contributed by atoms with Gasteiger partial charge < -0.3 is 15.1 Å². The largest absolute Gasteiger partial charge is 0.369 e. The van der Waals surface area contributed by atoms with Crippen molar-refractivity contribution < 1.29 is 4.79 Å². The number of pyridine rings is 1. The molecule has 0 aliphatic carbocycles. The molecule has 5 nitrogen and oxygen atoms in total. The van der Waals surface area contributed by atoms with Crippen LogP contribution < -0.4 is 10.2 Å². The second kappa shape index (κ2) is 7.66. The number of carbonyl (C=O) groups is 1. The summed E-state index contributed by atoms with van der Waals surface area (Å²) in [5.41, 5.74) is 5.18. The Bertz CT molecular complexity index is 734. The van der Waals surface area contributed by atoms with E-state index in [1.807, 2.05) is 25.1 Å². The first kappa shape index (κ1) is 17.4. The molecule has 0 saturated carbocycles. The van der Waals surface area contributed by atoms with Gasteiger partial charge in [-0.1, -0.05) is 6.07 Å². The summed E-state index contributed by atoms with van der Waals surface area (Å²) in [6.07, 6.45) is 2.10. The molecule has 1 N–H and O–H groups in total. The SMILES string of the molecule is Cc1ccc(CC(=O)Nc2ccc(N3CCN(C)CC3)c(C)c2)cn1. The Morgan fingerprint density at radius 2 is 1.88 bits per heavy atom. The molecule has 1 aromatic heterocycles. The highest BCUT2D eigenvalue weighted by molar-refractivity contribution is 5.92. The third-order valence-corrected chi connectivity index (χ3v) is 4.66. The fourth-order valence-corrected chi connectivity index (χ4v) is 3.13. The molecular formula is C20H26N4O. The zero-order valence-corrected chi connectivity index (χ0v) is 15.2. The minimum Gasteiger partial charge on any atom is -0.369 e. The molecule has 132 valence electrons. The van der Waals surface area contributed by atoms with Crippen LogP contribution in [0.2, 0.25) is 0 Å². The van der Waals surface area contributed by atoms with Crippen molar-refractivity contribution in [2.45, 2.75) is 20.3 Å². The number of nitrogens with one attached hydrogen (secondary N) is 1. The van der Waals surface area contributed by atoms with Crippen LogP contribution in [-0.2, 0) is 11.2 Å². The molecule has 0 radical (unpaired) electrons. The number of rotatable bonds is 4. The maximum atomic E-state index is 12.2. The Kier molecular flexibility index (Phi) is 5.34. The second-order valence-corrected chi connectivity index (χ2v) is 6.82. The van der Waals surface area contributed by atoms with Crippen LogP contribution in [0.1, 0.15) is 16.8 Å². The van der Waals surface area contributed by atoms with Crippen molar-refractivity contribution >= 4 is 17.3 Å². The van der Waals surface area contributed by atoms with E-state index in [-0.39, 0.29) is 5.91 Å². The highest BCUT2D eigenvalue weighted by Gasteiger charge is 2.16. The Morgan fingerprint density at radius 3 is 2.52 bits per heavy atom. The lowest BCUT2D eigenvalue weighted by Crippen LogP contribution is -2.44. The van der Waals surface area contributed by atoms with Gasteiger partial charge in [0.1, 0.15) is 0 Å². The summed E-state index contributed by atoms with van der Waals surface area (Å²) in [6.45, 7) is 8.31. The fourth-order valence-electron chi connectivity index (χ4n) is 3.13. The molecule has 1 fully saturated rings. The molecule has 0 spiro atoms. The zero-order valence-electron chi connectivity index (χ0n) is 15.2. The van der Waals surface area contributed by atoms with Crippen LogP contribution in [0.25, 0.3) is 0 Å². The van der Waals surface area contributed by atoms with Crippen molar-refractivity contribution in [3.05, 3.63) is 53.3 Å². The smallest absolute Gasteiger partial charge is 0.228 e. The third kappa shape index (κ3) is 4.57. The second-order valence-electron chi connectivity index (χ2n) is 6.82. The van der Waals surface area contributed by atoms with Gasteiger partial charge in [-0.15, -0.1) is 0 Å². The van der Waals surface area contributed by atoms with Crippen LogP contribution in [0, 0.1) is 13.8 Å². The van der Waals surface area contributed by atoms with Gasteiger partial charge in [0.15, 0.2) is 0 Å². The van der Waals surface area contributed by atoms with E-state index in [0.29, 0.717) is 6.42 Å². The van der Waals surface area contributed by atoms with Gasteiger partial charge in [-0.05, 0) is 56.3 Å². The predicted octanol–water partition coefficient (Wildman–Crippen LogP) is 2.63. The molecular weight excluding hydrogens is 312 g/mol. The minimum absolute atomic E-state index is 0.0163. The van der Waals surface area contributed by atoms with Gasteiger partial charge in [-0.2, -0.15) is 0 Å².